The fourth-order valence-corrected chi connectivity index (χ4v) is 4.93. The lowest BCUT2D eigenvalue weighted by Gasteiger charge is -2.30. The molecule has 0 bridgehead atoms. The Hall–Kier alpha value is -2.90. The first kappa shape index (κ1) is 23.3. The number of nitrogens with zero attached hydrogens (tertiary/aromatic N) is 1. The molecule has 3 amide bonds. The number of nitrogens with one attached hydrogen (secondary N) is 2. The number of benzene rings is 1. The van der Waals surface area contributed by atoms with E-state index in [1.807, 2.05) is 39.0 Å². The summed E-state index contributed by atoms with van der Waals surface area (Å²) in [6, 6.07) is 5.09. The van der Waals surface area contributed by atoms with Crippen LogP contribution in [-0.2, 0) is 25.7 Å². The fraction of sp³-hybridized carbons (Fsp3) is 0.600. The maximum atomic E-state index is 12.8. The molecule has 1 saturated heterocycles. The number of rotatable bonds is 5. The Morgan fingerprint density at radius 2 is 1.85 bits per heavy atom. The van der Waals surface area contributed by atoms with Crippen LogP contribution in [0.4, 0.5) is 5.69 Å². The van der Waals surface area contributed by atoms with E-state index in [0.29, 0.717) is 24.4 Å². The molecule has 2 heterocycles. The van der Waals surface area contributed by atoms with Gasteiger partial charge in [0, 0.05) is 30.8 Å². The quantitative estimate of drug-likeness (QED) is 0.522. The van der Waals surface area contributed by atoms with E-state index < -0.39 is 17.6 Å². The summed E-state index contributed by atoms with van der Waals surface area (Å²) in [5.74, 6) is -0.452. The van der Waals surface area contributed by atoms with Gasteiger partial charge in [-0.15, -0.1) is 0 Å². The van der Waals surface area contributed by atoms with Gasteiger partial charge >= 0.3 is 5.97 Å². The van der Waals surface area contributed by atoms with Gasteiger partial charge in [0.25, 0.3) is 5.91 Å². The lowest BCUT2D eigenvalue weighted by molar-refractivity contribution is -0.161. The van der Waals surface area contributed by atoms with Gasteiger partial charge < -0.3 is 15.0 Å². The molecule has 8 heteroatoms. The summed E-state index contributed by atoms with van der Waals surface area (Å²) in [5.41, 5.74) is 2.01. The van der Waals surface area contributed by atoms with Crippen molar-refractivity contribution >= 4 is 29.4 Å². The van der Waals surface area contributed by atoms with Gasteiger partial charge in [0.15, 0.2) is 0 Å². The molecule has 33 heavy (non-hydrogen) atoms. The Kier molecular flexibility index (Phi) is 6.45. The number of imide groups is 1. The molecule has 1 aromatic rings. The minimum absolute atomic E-state index is 0.00949. The zero-order chi connectivity index (χ0) is 23.8. The Morgan fingerprint density at radius 3 is 2.52 bits per heavy atom. The van der Waals surface area contributed by atoms with E-state index in [9.17, 15) is 19.2 Å². The third kappa shape index (κ3) is 5.37. The largest absolute Gasteiger partial charge is 0.460 e. The maximum absolute atomic E-state index is 12.8. The van der Waals surface area contributed by atoms with Crippen LogP contribution in [0.25, 0.3) is 0 Å². The van der Waals surface area contributed by atoms with Crippen LogP contribution in [0, 0.1) is 11.8 Å². The Bertz CT molecular complexity index is 959. The minimum atomic E-state index is -0.598. The molecule has 0 aromatic heterocycles. The molecular weight excluding hydrogens is 422 g/mol. The molecule has 2 N–H and O–H groups in total. The molecular formula is C25H33N3O5. The molecule has 1 unspecified atom stereocenters. The average Bonchev–Trinajstić information content (AvgIpc) is 3.07. The summed E-state index contributed by atoms with van der Waals surface area (Å²) in [6.07, 6.45) is 4.26. The third-order valence-corrected chi connectivity index (χ3v) is 6.71. The van der Waals surface area contributed by atoms with E-state index >= 15 is 0 Å². The van der Waals surface area contributed by atoms with E-state index in [0.717, 1.165) is 43.5 Å². The fourth-order valence-electron chi connectivity index (χ4n) is 4.93. The highest BCUT2D eigenvalue weighted by Crippen LogP contribution is 2.32. The average molecular weight is 456 g/mol. The first-order valence-electron chi connectivity index (χ1n) is 11.8. The Morgan fingerprint density at radius 1 is 1.12 bits per heavy atom. The van der Waals surface area contributed by atoms with E-state index in [-0.39, 0.29) is 30.1 Å². The van der Waals surface area contributed by atoms with Crippen LogP contribution in [0.5, 0.6) is 0 Å². The van der Waals surface area contributed by atoms with E-state index in [1.165, 1.54) is 0 Å². The number of esters is 1. The smallest absolute Gasteiger partial charge is 0.309 e. The van der Waals surface area contributed by atoms with Gasteiger partial charge in [-0.25, -0.2) is 0 Å². The van der Waals surface area contributed by atoms with Crippen LogP contribution in [-0.4, -0.2) is 46.8 Å². The summed E-state index contributed by atoms with van der Waals surface area (Å²) in [4.78, 5) is 50.3. The summed E-state index contributed by atoms with van der Waals surface area (Å²) in [6.45, 7) is 6.87. The van der Waals surface area contributed by atoms with Crippen molar-refractivity contribution in [1.29, 1.82) is 0 Å². The number of hydrogen-bond acceptors (Lipinski definition) is 6. The van der Waals surface area contributed by atoms with E-state index in [2.05, 4.69) is 10.6 Å². The van der Waals surface area contributed by atoms with Crippen LogP contribution in [0.1, 0.15) is 75.2 Å². The predicted octanol–water partition coefficient (Wildman–Crippen LogP) is 3.01. The molecule has 8 nitrogen and oxygen atoms in total. The highest BCUT2D eigenvalue weighted by molar-refractivity contribution is 6.05. The summed E-state index contributed by atoms with van der Waals surface area (Å²) < 4.78 is 5.53. The molecule has 2 fully saturated rings. The molecule has 1 saturated carbocycles. The van der Waals surface area contributed by atoms with Crippen LogP contribution in [0.3, 0.4) is 0 Å². The molecule has 2 aliphatic heterocycles. The SMILES string of the molecule is CC(C)(C)OC(=O)C1CCC(CNc2ccc3c(c2)CN(C2CCC(=O)NC2=O)C3=O)CC1. The Labute approximate surface area is 194 Å². The van der Waals surface area contributed by atoms with Crippen molar-refractivity contribution in [2.24, 2.45) is 11.8 Å². The number of ether oxygens (including phenoxy) is 1. The molecule has 1 aliphatic carbocycles. The standard InChI is InChI=1S/C25H33N3O5/c1-25(2,3)33-24(32)16-6-4-15(5-7-16)13-26-18-8-9-19-17(12-18)14-28(23(19)31)20-10-11-21(29)27-22(20)30/h8-9,12,15-16,20,26H,4-7,10-11,13-14H2,1-3H3,(H,27,29,30). The molecule has 4 rings (SSSR count). The van der Waals surface area contributed by atoms with Crippen LogP contribution in [0.2, 0.25) is 0 Å². The van der Waals surface area contributed by atoms with Crippen LogP contribution >= 0.6 is 0 Å². The van der Waals surface area contributed by atoms with Gasteiger partial charge in [0.1, 0.15) is 11.6 Å². The number of piperidine rings is 1. The van der Waals surface area contributed by atoms with Crippen molar-refractivity contribution in [2.45, 2.75) is 77.5 Å². The predicted molar refractivity (Wildman–Crippen MR) is 122 cm³/mol. The normalized spacial score (nSPS) is 25.5. The van der Waals surface area contributed by atoms with Gasteiger partial charge in [0.2, 0.25) is 11.8 Å². The molecule has 3 aliphatic rings. The second-order valence-corrected chi connectivity index (χ2v) is 10.4. The van der Waals surface area contributed by atoms with Gasteiger partial charge in [-0.1, -0.05) is 0 Å². The maximum Gasteiger partial charge on any atom is 0.309 e. The first-order chi connectivity index (χ1) is 15.6. The highest BCUT2D eigenvalue weighted by atomic mass is 16.6. The zero-order valence-corrected chi connectivity index (χ0v) is 19.6. The molecule has 178 valence electrons. The molecule has 0 radical (unpaired) electrons. The number of carbonyl (C=O) groups is 4. The number of fused-ring (bicyclic) bond motifs is 1. The van der Waals surface area contributed by atoms with Gasteiger partial charge in [-0.2, -0.15) is 0 Å². The van der Waals surface area contributed by atoms with E-state index in [1.54, 1.807) is 4.90 Å². The van der Waals surface area contributed by atoms with Gasteiger partial charge in [-0.05, 0) is 82.6 Å². The highest BCUT2D eigenvalue weighted by Gasteiger charge is 2.39. The van der Waals surface area contributed by atoms with E-state index in [4.69, 9.17) is 4.74 Å². The van der Waals surface area contributed by atoms with Crippen molar-refractivity contribution in [3.63, 3.8) is 0 Å². The van der Waals surface area contributed by atoms with Crippen LogP contribution in [0.15, 0.2) is 18.2 Å². The number of amides is 3. The van der Waals surface area contributed by atoms with Crippen molar-refractivity contribution in [2.75, 3.05) is 11.9 Å². The molecule has 0 spiro atoms. The third-order valence-electron chi connectivity index (χ3n) is 6.71. The second kappa shape index (κ2) is 9.15. The van der Waals surface area contributed by atoms with Crippen molar-refractivity contribution in [3.8, 4) is 0 Å². The Balaban J connectivity index is 1.29. The van der Waals surface area contributed by atoms with Crippen molar-refractivity contribution in [1.82, 2.24) is 10.2 Å². The van der Waals surface area contributed by atoms with Crippen molar-refractivity contribution < 1.29 is 23.9 Å². The zero-order valence-electron chi connectivity index (χ0n) is 19.6. The first-order valence-corrected chi connectivity index (χ1v) is 11.8. The van der Waals surface area contributed by atoms with Crippen LogP contribution < -0.4 is 10.6 Å². The molecule has 1 atom stereocenters. The summed E-state index contributed by atoms with van der Waals surface area (Å²) in [5, 5.41) is 5.81. The summed E-state index contributed by atoms with van der Waals surface area (Å²) >= 11 is 0. The molecule has 1 aromatic carbocycles. The monoisotopic (exact) mass is 455 g/mol. The summed E-state index contributed by atoms with van der Waals surface area (Å²) in [7, 11) is 0. The minimum Gasteiger partial charge on any atom is -0.460 e. The number of anilines is 1. The number of hydrogen-bond donors (Lipinski definition) is 2. The van der Waals surface area contributed by atoms with Crippen molar-refractivity contribution in [3.05, 3.63) is 29.3 Å². The number of carbonyl (C=O) groups excluding carboxylic acids is 4. The lowest BCUT2D eigenvalue weighted by atomic mass is 9.82. The van der Waals surface area contributed by atoms with Gasteiger partial charge in [-0.3, -0.25) is 24.5 Å². The lowest BCUT2D eigenvalue weighted by Crippen LogP contribution is -2.52. The van der Waals surface area contributed by atoms with Gasteiger partial charge in [0.05, 0.1) is 5.92 Å². The second-order valence-electron chi connectivity index (χ2n) is 10.4. The topological polar surface area (TPSA) is 105 Å².